The molecule has 18 nitrogen and oxygen atoms in total. The van der Waals surface area contributed by atoms with E-state index in [0.29, 0.717) is 43.3 Å². The minimum Gasteiger partial charge on any atom is -0.459 e. The van der Waals surface area contributed by atoms with Crippen molar-refractivity contribution in [2.45, 2.75) is 192 Å². The highest BCUT2D eigenvalue weighted by Gasteiger charge is 2.53. The summed E-state index contributed by atoms with van der Waals surface area (Å²) in [5, 5.41) is 75.7. The van der Waals surface area contributed by atoms with Crippen molar-refractivity contribution in [1.29, 1.82) is 0 Å². The van der Waals surface area contributed by atoms with Crippen LogP contribution in [-0.2, 0) is 33.2 Å². The van der Waals surface area contributed by atoms with Crippen molar-refractivity contribution in [2.24, 2.45) is 28.0 Å². The van der Waals surface area contributed by atoms with E-state index in [-0.39, 0.29) is 37.3 Å². The Bertz CT molecular complexity index is 2040. The summed E-state index contributed by atoms with van der Waals surface area (Å²) < 4.78 is 38.2. The van der Waals surface area contributed by atoms with Crippen molar-refractivity contribution in [3.8, 4) is 0 Å². The molecule has 19 heteroatoms. The summed E-state index contributed by atoms with van der Waals surface area (Å²) in [6.07, 6.45) is -8.34. The zero-order valence-corrected chi connectivity index (χ0v) is 45.6. The highest BCUT2D eigenvalue weighted by molar-refractivity contribution is 7.80. The van der Waals surface area contributed by atoms with E-state index in [1.165, 1.54) is 14.0 Å². The number of aliphatic hydroxyl groups is 5. The Labute approximate surface area is 433 Å². The molecule has 18 atom stereocenters. The summed E-state index contributed by atoms with van der Waals surface area (Å²) in [6.45, 7) is 19.0. The highest BCUT2D eigenvalue weighted by atomic mass is 32.1. The lowest BCUT2D eigenvalue weighted by Gasteiger charge is -2.48. The molecular weight excluding hydrogens is 945 g/mol. The third kappa shape index (κ3) is 15.2. The zero-order valence-electron chi connectivity index (χ0n) is 44.8. The number of nitrogens with zero attached hydrogens (tertiary/aromatic N) is 4. The van der Waals surface area contributed by atoms with Gasteiger partial charge in [-0.15, -0.1) is 0 Å². The Morgan fingerprint density at radius 3 is 2.15 bits per heavy atom. The van der Waals surface area contributed by atoms with Crippen LogP contribution in [-0.4, -0.2) is 178 Å². The van der Waals surface area contributed by atoms with Gasteiger partial charge in [-0.05, 0) is 143 Å². The number of hydrogen-bond donors (Lipinski definition) is 7. The van der Waals surface area contributed by atoms with E-state index in [0.717, 1.165) is 11.4 Å². The first-order valence-corrected chi connectivity index (χ1v) is 26.1. The maximum Gasteiger partial charge on any atom is 0.311 e. The first-order chi connectivity index (χ1) is 33.8. The van der Waals surface area contributed by atoms with Crippen LogP contribution < -0.4 is 10.6 Å². The number of benzene rings is 2. The lowest BCUT2D eigenvalue weighted by Crippen LogP contribution is -2.60. The molecule has 3 aliphatic heterocycles. The van der Waals surface area contributed by atoms with Crippen LogP contribution in [0.3, 0.4) is 0 Å². The van der Waals surface area contributed by atoms with Gasteiger partial charge in [0, 0.05) is 56.9 Å². The van der Waals surface area contributed by atoms with E-state index in [1.807, 2.05) is 101 Å². The number of nitrogens with one attached hydrogen (secondary N) is 2. The number of azo groups is 1. The van der Waals surface area contributed by atoms with E-state index in [9.17, 15) is 30.3 Å². The smallest absolute Gasteiger partial charge is 0.311 e. The van der Waals surface area contributed by atoms with Gasteiger partial charge >= 0.3 is 5.97 Å². The minimum atomic E-state index is -1.90. The summed E-state index contributed by atoms with van der Waals surface area (Å²) in [5.74, 6) is -2.83. The molecule has 0 unspecified atom stereocenters. The number of aliphatic hydroxyl groups excluding tert-OH is 3. The second-order valence-electron chi connectivity index (χ2n) is 21.5. The monoisotopic (exact) mass is 1030 g/mol. The quantitative estimate of drug-likeness (QED) is 0.0494. The molecule has 0 bridgehead atoms. The van der Waals surface area contributed by atoms with Crippen LogP contribution in [0.15, 0.2) is 64.8 Å². The average molecular weight is 1030 g/mol. The number of thiocarbonyl (C=S) groups is 1. The number of esters is 1. The van der Waals surface area contributed by atoms with Crippen molar-refractivity contribution in [2.75, 3.05) is 46.2 Å². The Morgan fingerprint density at radius 1 is 0.903 bits per heavy atom. The highest BCUT2D eigenvalue weighted by Crippen LogP contribution is 2.40. The van der Waals surface area contributed by atoms with Gasteiger partial charge in [0.2, 0.25) is 0 Å². The molecule has 72 heavy (non-hydrogen) atoms. The normalized spacial score (nSPS) is 39.0. The number of anilines is 1. The summed E-state index contributed by atoms with van der Waals surface area (Å²) in [4.78, 5) is 18.6. The van der Waals surface area contributed by atoms with Gasteiger partial charge in [-0.1, -0.05) is 39.0 Å². The Hall–Kier alpha value is -3.28. The van der Waals surface area contributed by atoms with Crippen LogP contribution in [0.5, 0.6) is 0 Å². The Balaban J connectivity index is 1.42. The van der Waals surface area contributed by atoms with E-state index >= 15 is 0 Å². The van der Waals surface area contributed by atoms with Crippen molar-refractivity contribution in [3.05, 3.63) is 54.6 Å². The molecule has 7 N–H and O–H groups in total. The van der Waals surface area contributed by atoms with Gasteiger partial charge in [-0.2, -0.15) is 10.2 Å². The van der Waals surface area contributed by atoms with Crippen LogP contribution in [0, 0.1) is 17.8 Å². The fourth-order valence-electron chi connectivity index (χ4n) is 10.8. The van der Waals surface area contributed by atoms with Crippen molar-refractivity contribution in [1.82, 2.24) is 15.1 Å². The molecule has 3 saturated heterocycles. The van der Waals surface area contributed by atoms with Crippen LogP contribution in [0.4, 0.5) is 17.1 Å². The number of cyclic esters (lactones) is 1. The van der Waals surface area contributed by atoms with Gasteiger partial charge in [-0.3, -0.25) is 9.69 Å². The molecule has 2 aromatic carbocycles. The topological polar surface area (TPSA) is 229 Å². The molecule has 3 heterocycles. The van der Waals surface area contributed by atoms with Gasteiger partial charge in [0.1, 0.15) is 30.0 Å². The van der Waals surface area contributed by atoms with Gasteiger partial charge in [0.15, 0.2) is 17.7 Å². The molecule has 0 spiro atoms. The maximum atomic E-state index is 14.6. The van der Waals surface area contributed by atoms with E-state index in [4.69, 9.17) is 40.6 Å². The second-order valence-corrected chi connectivity index (χ2v) is 21.9. The number of likely N-dealkylation sites (N-methyl/N-ethyl adjacent to an activating group) is 1. The van der Waals surface area contributed by atoms with Crippen molar-refractivity contribution in [3.63, 3.8) is 0 Å². The number of carbonyl (C=O) groups is 1. The van der Waals surface area contributed by atoms with Crippen LogP contribution in [0.1, 0.15) is 101 Å². The molecule has 3 fully saturated rings. The molecular formula is C53H86N6O12S. The third-order valence-corrected chi connectivity index (χ3v) is 15.4. The fourth-order valence-corrected chi connectivity index (χ4v) is 11.0. The van der Waals surface area contributed by atoms with E-state index < -0.39 is 96.0 Å². The first-order valence-electron chi connectivity index (χ1n) is 25.7. The SMILES string of the molecule is CC[C@H]1OC(=O)[C@H](C)[C@@H](O[C@H]2C[C@@](C)(OC)[C@@H](O)[C@H](C)O2)[C@H](C)[C@@H](O[C@@H]2O[C@H](C)C[C@H](N(C)C)[C@H]2O)[C@](C)(O)C[C@@H](C)CN(CCCNC(=S)Nc2ccc(N=Nc3ccccc3)cc2)[C@H](C)[C@@H](O)[C@]1(C)O. The second kappa shape index (κ2) is 26.0. The Morgan fingerprint density at radius 2 is 1.54 bits per heavy atom. The molecule has 5 rings (SSSR count). The standard InChI is InChI=1S/C53H86N6O12S/c1-14-41-53(10,65)45(61)35(6)59(26-18-25-54-50(72)55-37-21-23-39(24-22-37)57-56-38-19-16-15-17-20-38)30-31(2)28-51(8,64)47(71-49-43(60)40(58(11)12)27-32(3)67-49)33(4)44(34(5)48(63)69-41)70-42-29-52(9,66-13)46(62)36(7)68-42/h15-17,19-24,31-36,40-47,49,60-62,64-65H,14,18,25-30H2,1-13H3,(H2,54,55,72)/t31-,32-,33+,34-,35-,36+,40+,41-,42+,43-,44+,45-,46+,47-,49+,51-,52-,53-/m1/s1. The van der Waals surface area contributed by atoms with Crippen LogP contribution in [0.2, 0.25) is 0 Å². The molecule has 0 aromatic heterocycles. The maximum absolute atomic E-state index is 14.6. The van der Waals surface area contributed by atoms with Crippen molar-refractivity contribution < 1.29 is 58.7 Å². The summed E-state index contributed by atoms with van der Waals surface area (Å²) in [7, 11) is 5.27. The van der Waals surface area contributed by atoms with Gasteiger partial charge in [0.25, 0.3) is 0 Å². The molecule has 0 saturated carbocycles. The predicted molar refractivity (Wildman–Crippen MR) is 279 cm³/mol. The number of methoxy groups -OCH3 is 1. The number of ether oxygens (including phenoxy) is 6. The zero-order chi connectivity index (χ0) is 53.3. The molecule has 0 amide bonds. The number of carbonyl (C=O) groups excluding carboxylic acids is 1. The van der Waals surface area contributed by atoms with Crippen LogP contribution >= 0.6 is 12.2 Å². The minimum absolute atomic E-state index is 0.104. The molecule has 406 valence electrons. The molecule has 0 aliphatic carbocycles. The number of rotatable bonds is 14. The third-order valence-electron chi connectivity index (χ3n) is 15.1. The fraction of sp³-hybridized carbons (Fsp3) is 0.736. The Kier molecular flexibility index (Phi) is 21.5. The van der Waals surface area contributed by atoms with Crippen LogP contribution in [0.25, 0.3) is 0 Å². The molecule has 0 radical (unpaired) electrons. The van der Waals surface area contributed by atoms with E-state index in [1.54, 1.807) is 34.6 Å². The largest absolute Gasteiger partial charge is 0.459 e. The summed E-state index contributed by atoms with van der Waals surface area (Å²) in [6, 6.07) is 15.9. The predicted octanol–water partition coefficient (Wildman–Crippen LogP) is 6.06. The lowest BCUT2D eigenvalue weighted by atomic mass is 9.77. The van der Waals surface area contributed by atoms with Gasteiger partial charge in [-0.25, -0.2) is 0 Å². The lowest BCUT2D eigenvalue weighted by molar-refractivity contribution is -0.318. The number of hydrogen-bond acceptors (Lipinski definition) is 17. The molecule has 3 aliphatic rings. The van der Waals surface area contributed by atoms with Gasteiger partial charge < -0.3 is 69.5 Å². The summed E-state index contributed by atoms with van der Waals surface area (Å²) in [5.41, 5.74) is -2.39. The average Bonchev–Trinajstić information content (AvgIpc) is 3.33. The summed E-state index contributed by atoms with van der Waals surface area (Å²) >= 11 is 5.65. The first kappa shape index (κ1) is 59.6. The van der Waals surface area contributed by atoms with Gasteiger partial charge in [0.05, 0.1) is 52.9 Å². The van der Waals surface area contributed by atoms with E-state index in [2.05, 4.69) is 25.8 Å². The van der Waals surface area contributed by atoms with Crippen molar-refractivity contribution >= 4 is 40.4 Å². The molecule has 2 aromatic rings.